The number of hydrogen-bond donors (Lipinski definition) is 2. The number of aliphatic hydroxyl groups excluding tert-OH is 1. The summed E-state index contributed by atoms with van der Waals surface area (Å²) in [6.07, 6.45) is 0.388. The van der Waals surface area contributed by atoms with Crippen molar-refractivity contribution >= 4 is 17.6 Å². The highest BCUT2D eigenvalue weighted by molar-refractivity contribution is 5.95. The molecule has 10 nitrogen and oxygen atoms in total. The first-order chi connectivity index (χ1) is 15.4. The van der Waals surface area contributed by atoms with Crippen molar-refractivity contribution in [2.24, 2.45) is 5.41 Å². The van der Waals surface area contributed by atoms with Crippen LogP contribution in [0.15, 0.2) is 12.1 Å². The van der Waals surface area contributed by atoms with E-state index in [2.05, 4.69) is 10.3 Å². The molecule has 0 saturated carbocycles. The van der Waals surface area contributed by atoms with Gasteiger partial charge in [-0.1, -0.05) is 6.92 Å². The zero-order valence-electron chi connectivity index (χ0n) is 18.3. The number of aromatic nitrogens is 1. The molecule has 1 atom stereocenters. The summed E-state index contributed by atoms with van der Waals surface area (Å²) in [5.41, 5.74) is 0.277. The lowest BCUT2D eigenvalue weighted by atomic mass is 9.88. The summed E-state index contributed by atoms with van der Waals surface area (Å²) in [5.74, 6) is -1.03. The molecule has 1 amide bonds. The van der Waals surface area contributed by atoms with Crippen LogP contribution in [0.2, 0.25) is 0 Å². The summed E-state index contributed by atoms with van der Waals surface area (Å²) in [4.78, 5) is 31.1. The minimum Gasteiger partial charge on any atom is -0.475 e. The number of carbonyl (C=O) groups excluding carboxylic acids is 2. The van der Waals surface area contributed by atoms with Gasteiger partial charge in [-0.25, -0.2) is 14.2 Å². The maximum atomic E-state index is 12.7. The van der Waals surface area contributed by atoms with Gasteiger partial charge in [-0.05, 0) is 18.6 Å². The minimum atomic E-state index is -0.914. The van der Waals surface area contributed by atoms with Gasteiger partial charge in [0.15, 0.2) is 0 Å². The van der Waals surface area contributed by atoms with Gasteiger partial charge in [-0.2, -0.15) is 0 Å². The summed E-state index contributed by atoms with van der Waals surface area (Å²) >= 11 is 0. The van der Waals surface area contributed by atoms with Crippen molar-refractivity contribution < 1.29 is 38.0 Å². The smallest absolute Gasteiger partial charge is 0.328 e. The molecule has 2 saturated heterocycles. The fraction of sp³-hybridized carbons (Fsp3) is 0.667. The Morgan fingerprint density at radius 2 is 2.16 bits per heavy atom. The molecule has 1 unspecified atom stereocenters. The molecule has 0 aromatic carbocycles. The molecule has 2 N–H and O–H groups in total. The number of anilines is 1. The first-order valence-corrected chi connectivity index (χ1v) is 10.6. The molecular weight excluding hydrogens is 425 g/mol. The van der Waals surface area contributed by atoms with Gasteiger partial charge in [0.05, 0.1) is 31.3 Å². The fourth-order valence-corrected chi connectivity index (χ4v) is 3.32. The molecule has 2 aliphatic rings. The Morgan fingerprint density at radius 3 is 2.72 bits per heavy atom. The van der Waals surface area contributed by atoms with E-state index in [9.17, 15) is 19.1 Å². The Kier molecular flexibility index (Phi) is 8.21. The molecule has 3 heterocycles. The van der Waals surface area contributed by atoms with Gasteiger partial charge in [0, 0.05) is 20.2 Å². The van der Waals surface area contributed by atoms with E-state index in [1.165, 1.54) is 0 Å². The van der Waals surface area contributed by atoms with Crippen LogP contribution in [-0.4, -0.2) is 94.0 Å². The minimum absolute atomic E-state index is 0.0622. The van der Waals surface area contributed by atoms with Crippen molar-refractivity contribution in [1.82, 2.24) is 10.3 Å². The van der Waals surface area contributed by atoms with Crippen LogP contribution < -0.4 is 15.0 Å². The third kappa shape index (κ3) is 5.45. The quantitative estimate of drug-likeness (QED) is 0.430. The second-order valence-electron chi connectivity index (χ2n) is 8.01. The first-order valence-electron chi connectivity index (χ1n) is 10.6. The molecule has 178 valence electrons. The Labute approximate surface area is 186 Å². The SMILES string of the molecule is CCC(NC(=O)c1ccc(N2CC(OC)C2)c(OCC2(CO)COC2)n1)C(=O)OCCF. The second-order valence-corrected chi connectivity index (χ2v) is 8.01. The van der Waals surface area contributed by atoms with Crippen molar-refractivity contribution in [2.75, 3.05) is 64.8 Å². The van der Waals surface area contributed by atoms with Crippen LogP contribution >= 0.6 is 0 Å². The van der Waals surface area contributed by atoms with Crippen molar-refractivity contribution in [2.45, 2.75) is 25.5 Å². The Morgan fingerprint density at radius 1 is 1.41 bits per heavy atom. The standard InChI is InChI=1S/C21H30FN3O7/c1-3-15(20(28)31-7-6-22)23-18(27)16-4-5-17(25-8-14(9-25)29-2)19(24-16)32-13-21(10-26)11-30-12-21/h4-5,14-15,26H,3,6-13H2,1-2H3,(H,23,27). The van der Waals surface area contributed by atoms with Crippen molar-refractivity contribution in [3.8, 4) is 5.88 Å². The number of hydrogen-bond acceptors (Lipinski definition) is 9. The third-order valence-electron chi connectivity index (χ3n) is 5.58. The lowest BCUT2D eigenvalue weighted by molar-refractivity contribution is -0.153. The molecular formula is C21H30FN3O7. The molecule has 2 aliphatic heterocycles. The number of esters is 1. The van der Waals surface area contributed by atoms with E-state index in [-0.39, 0.29) is 43.9 Å². The van der Waals surface area contributed by atoms with Gasteiger partial charge in [0.1, 0.15) is 37.3 Å². The summed E-state index contributed by atoms with van der Waals surface area (Å²) in [5, 5.41) is 12.2. The third-order valence-corrected chi connectivity index (χ3v) is 5.58. The van der Waals surface area contributed by atoms with Crippen molar-refractivity contribution in [3.05, 3.63) is 17.8 Å². The van der Waals surface area contributed by atoms with Gasteiger partial charge >= 0.3 is 5.97 Å². The Bertz CT molecular complexity index is 794. The van der Waals surface area contributed by atoms with Crippen LogP contribution in [0, 0.1) is 5.41 Å². The van der Waals surface area contributed by atoms with Crippen molar-refractivity contribution in [1.29, 1.82) is 0 Å². The number of alkyl halides is 1. The number of carbonyl (C=O) groups is 2. The molecule has 0 radical (unpaired) electrons. The van der Waals surface area contributed by atoms with Gasteiger partial charge in [-0.3, -0.25) is 4.79 Å². The first kappa shape index (κ1) is 24.1. The number of nitrogens with one attached hydrogen (secondary N) is 1. The highest BCUT2D eigenvalue weighted by Gasteiger charge is 2.40. The maximum Gasteiger partial charge on any atom is 0.328 e. The highest BCUT2D eigenvalue weighted by atomic mass is 19.1. The van der Waals surface area contributed by atoms with E-state index in [0.29, 0.717) is 32.0 Å². The van der Waals surface area contributed by atoms with Crippen LogP contribution in [0.3, 0.4) is 0 Å². The number of methoxy groups -OCH3 is 1. The lowest BCUT2D eigenvalue weighted by Gasteiger charge is -2.41. The number of halogens is 1. The molecule has 1 aromatic heterocycles. The average Bonchev–Trinajstić information content (AvgIpc) is 2.75. The van der Waals surface area contributed by atoms with Gasteiger partial charge in [0.25, 0.3) is 5.91 Å². The molecule has 3 rings (SSSR count). The van der Waals surface area contributed by atoms with Crippen molar-refractivity contribution in [3.63, 3.8) is 0 Å². The topological polar surface area (TPSA) is 119 Å². The van der Waals surface area contributed by atoms with E-state index in [0.717, 1.165) is 0 Å². The predicted octanol–water partition coefficient (Wildman–Crippen LogP) is 0.325. The van der Waals surface area contributed by atoms with E-state index in [4.69, 9.17) is 18.9 Å². The average molecular weight is 455 g/mol. The van der Waals surface area contributed by atoms with Gasteiger partial charge in [0.2, 0.25) is 5.88 Å². The van der Waals surface area contributed by atoms with E-state index in [1.807, 2.05) is 4.90 Å². The van der Waals surface area contributed by atoms with E-state index >= 15 is 0 Å². The molecule has 11 heteroatoms. The largest absolute Gasteiger partial charge is 0.475 e. The van der Waals surface area contributed by atoms with E-state index < -0.39 is 30.0 Å². The lowest BCUT2D eigenvalue weighted by Crippen LogP contribution is -2.52. The summed E-state index contributed by atoms with van der Waals surface area (Å²) in [6, 6.07) is 2.36. The van der Waals surface area contributed by atoms with Gasteiger partial charge in [-0.15, -0.1) is 0 Å². The fourth-order valence-electron chi connectivity index (χ4n) is 3.32. The number of amides is 1. The Balaban J connectivity index is 1.74. The molecule has 32 heavy (non-hydrogen) atoms. The van der Waals surface area contributed by atoms with Crippen LogP contribution in [0.4, 0.5) is 10.1 Å². The normalized spacial score (nSPS) is 18.3. The van der Waals surface area contributed by atoms with Crippen LogP contribution in [0.25, 0.3) is 0 Å². The number of rotatable bonds is 12. The van der Waals surface area contributed by atoms with Crippen LogP contribution in [0.1, 0.15) is 23.8 Å². The summed E-state index contributed by atoms with van der Waals surface area (Å²) in [7, 11) is 1.65. The number of ether oxygens (including phenoxy) is 4. The van der Waals surface area contributed by atoms with Crippen LogP contribution in [0.5, 0.6) is 5.88 Å². The zero-order chi connectivity index (χ0) is 23.1. The monoisotopic (exact) mass is 455 g/mol. The van der Waals surface area contributed by atoms with Gasteiger partial charge < -0.3 is 34.3 Å². The molecule has 1 aromatic rings. The molecule has 0 aliphatic carbocycles. The summed E-state index contributed by atoms with van der Waals surface area (Å²) in [6.45, 7) is 2.74. The maximum absolute atomic E-state index is 12.7. The van der Waals surface area contributed by atoms with E-state index in [1.54, 1.807) is 26.2 Å². The number of pyridine rings is 1. The summed E-state index contributed by atoms with van der Waals surface area (Å²) < 4.78 is 33.5. The number of aliphatic hydroxyl groups is 1. The highest BCUT2D eigenvalue weighted by Crippen LogP contribution is 2.34. The second kappa shape index (κ2) is 10.9. The molecule has 0 bridgehead atoms. The molecule has 2 fully saturated rings. The Hall–Kier alpha value is -2.50. The predicted molar refractivity (Wildman–Crippen MR) is 112 cm³/mol. The molecule has 0 spiro atoms. The zero-order valence-corrected chi connectivity index (χ0v) is 18.3. The number of nitrogens with zero attached hydrogens (tertiary/aromatic N) is 2. The van der Waals surface area contributed by atoms with Crippen LogP contribution in [-0.2, 0) is 19.0 Å².